The number of aliphatic imine (C=N–C) groups is 1. The monoisotopic (exact) mass is 144 g/mol. The average molecular weight is 144 g/mol. The summed E-state index contributed by atoms with van der Waals surface area (Å²) in [6.07, 6.45) is 0.511. The lowest BCUT2D eigenvalue weighted by Gasteiger charge is -2.10. The lowest BCUT2D eigenvalue weighted by atomic mass is 10.3. The number of nitrogens with zero attached hydrogens (tertiary/aromatic N) is 1. The van der Waals surface area contributed by atoms with Crippen molar-refractivity contribution in [2.45, 2.75) is 6.42 Å². The van der Waals surface area contributed by atoms with Crippen LogP contribution in [0.15, 0.2) is 4.99 Å². The van der Waals surface area contributed by atoms with E-state index in [4.69, 9.17) is 0 Å². The fraction of sp³-hybridized carbons (Fsp3) is 0.600. The van der Waals surface area contributed by atoms with Crippen LogP contribution in [0.3, 0.4) is 0 Å². The third-order valence-corrected chi connectivity index (χ3v) is 1.38. The minimum Gasteiger partial charge on any atom is -0.372 e. The number of hydrogen-bond donors (Lipinski definition) is 2. The Hall–Kier alpha value is -0.510. The van der Waals surface area contributed by atoms with Crippen molar-refractivity contribution in [3.8, 4) is 0 Å². The second kappa shape index (κ2) is 2.87. The summed E-state index contributed by atoms with van der Waals surface area (Å²) in [5, 5.41) is 2.95. The van der Waals surface area contributed by atoms with Crippen molar-refractivity contribution >= 4 is 24.4 Å². The lowest BCUT2D eigenvalue weighted by molar-refractivity contribution is -0.117. The molecule has 0 atom stereocenters. The molecule has 1 amide bonds. The molecule has 0 fully saturated rings. The highest BCUT2D eigenvalue weighted by molar-refractivity contribution is 7.81. The number of amides is 1. The number of hydrogen-bond acceptors (Lipinski definition) is 3. The molecular formula is C5H8N2OS. The van der Waals surface area contributed by atoms with Gasteiger partial charge in [-0.2, -0.15) is 17.6 Å². The van der Waals surface area contributed by atoms with Crippen molar-refractivity contribution in [1.29, 1.82) is 0 Å². The second-order valence-electron chi connectivity index (χ2n) is 1.79. The van der Waals surface area contributed by atoms with Gasteiger partial charge in [0.1, 0.15) is 5.84 Å². The number of rotatable bonds is 1. The summed E-state index contributed by atoms with van der Waals surface area (Å²) >= 11 is 3.96. The molecule has 1 heterocycles. The van der Waals surface area contributed by atoms with Gasteiger partial charge in [0.05, 0.1) is 0 Å². The van der Waals surface area contributed by atoms with E-state index in [1.165, 1.54) is 0 Å². The molecule has 9 heavy (non-hydrogen) atoms. The summed E-state index contributed by atoms with van der Waals surface area (Å²) < 4.78 is 0. The molecule has 0 aromatic heterocycles. The highest BCUT2D eigenvalue weighted by atomic mass is 32.1. The summed E-state index contributed by atoms with van der Waals surface area (Å²) in [5.41, 5.74) is 0. The lowest BCUT2D eigenvalue weighted by Crippen LogP contribution is -2.32. The van der Waals surface area contributed by atoms with Crippen LogP contribution < -0.4 is 5.32 Å². The Morgan fingerprint density at radius 1 is 1.78 bits per heavy atom. The van der Waals surface area contributed by atoms with Gasteiger partial charge in [0.25, 0.3) is 0 Å². The number of carbonyl (C=O) groups excluding carboxylic acids is 1. The summed E-state index contributed by atoms with van der Waals surface area (Å²) in [4.78, 5) is 14.3. The van der Waals surface area contributed by atoms with Gasteiger partial charge in [-0.25, -0.2) is 0 Å². The van der Waals surface area contributed by atoms with Crippen molar-refractivity contribution in [1.82, 2.24) is 5.32 Å². The minimum atomic E-state index is -0.0437. The van der Waals surface area contributed by atoms with Crippen LogP contribution in [-0.4, -0.2) is 24.0 Å². The summed E-state index contributed by atoms with van der Waals surface area (Å²) in [6, 6.07) is 0. The van der Waals surface area contributed by atoms with Gasteiger partial charge in [0.2, 0.25) is 5.91 Å². The minimum absolute atomic E-state index is 0.0437. The Bertz CT molecular complexity index is 155. The molecule has 0 unspecified atom stereocenters. The maximum atomic E-state index is 10.6. The van der Waals surface area contributed by atoms with E-state index in [-0.39, 0.29) is 5.91 Å². The highest BCUT2D eigenvalue weighted by Gasteiger charge is 2.07. The summed E-state index contributed by atoms with van der Waals surface area (Å²) in [7, 11) is 0. The zero-order valence-electron chi connectivity index (χ0n) is 4.92. The van der Waals surface area contributed by atoms with E-state index in [1.807, 2.05) is 0 Å². The van der Waals surface area contributed by atoms with Gasteiger partial charge < -0.3 is 5.32 Å². The molecule has 0 bridgehead atoms. The van der Waals surface area contributed by atoms with E-state index < -0.39 is 0 Å². The predicted molar refractivity (Wildman–Crippen MR) is 38.9 cm³/mol. The third kappa shape index (κ3) is 1.71. The predicted octanol–water partition coefficient (Wildman–Crippen LogP) is -0.165. The molecule has 0 saturated heterocycles. The van der Waals surface area contributed by atoms with E-state index >= 15 is 0 Å². The largest absolute Gasteiger partial charge is 0.372 e. The topological polar surface area (TPSA) is 41.5 Å². The van der Waals surface area contributed by atoms with E-state index in [2.05, 4.69) is 22.9 Å². The first-order chi connectivity index (χ1) is 4.33. The van der Waals surface area contributed by atoms with E-state index in [0.29, 0.717) is 24.6 Å². The first-order valence-electron chi connectivity index (χ1n) is 2.78. The maximum Gasteiger partial charge on any atom is 0.249 e. The van der Waals surface area contributed by atoms with Crippen molar-refractivity contribution in [3.63, 3.8) is 0 Å². The van der Waals surface area contributed by atoms with Crippen LogP contribution >= 0.6 is 12.6 Å². The van der Waals surface area contributed by atoms with Gasteiger partial charge in [0, 0.05) is 18.7 Å². The Morgan fingerprint density at radius 2 is 2.56 bits per heavy atom. The van der Waals surface area contributed by atoms with Crippen LogP contribution in [0.25, 0.3) is 0 Å². The van der Waals surface area contributed by atoms with E-state index in [9.17, 15) is 4.79 Å². The standard InChI is InChI=1S/C5H8N2OS/c8-5-1-2-6-4(3-9)7-5/h9H,1-3H2,(H,6,7,8). The van der Waals surface area contributed by atoms with Gasteiger partial charge in [0.15, 0.2) is 0 Å². The molecule has 1 aliphatic heterocycles. The van der Waals surface area contributed by atoms with Crippen molar-refractivity contribution in [3.05, 3.63) is 0 Å². The molecule has 0 saturated carbocycles. The van der Waals surface area contributed by atoms with Crippen LogP contribution in [-0.2, 0) is 4.79 Å². The van der Waals surface area contributed by atoms with E-state index in [0.717, 1.165) is 0 Å². The molecule has 0 aromatic rings. The maximum absolute atomic E-state index is 10.6. The molecule has 0 aromatic carbocycles. The second-order valence-corrected chi connectivity index (χ2v) is 2.10. The van der Waals surface area contributed by atoms with Gasteiger partial charge >= 0.3 is 0 Å². The van der Waals surface area contributed by atoms with Crippen molar-refractivity contribution < 1.29 is 4.79 Å². The fourth-order valence-corrected chi connectivity index (χ4v) is 0.833. The number of carbonyl (C=O) groups is 1. The van der Waals surface area contributed by atoms with Crippen LogP contribution in [0.4, 0.5) is 0 Å². The van der Waals surface area contributed by atoms with Crippen LogP contribution in [0.5, 0.6) is 0 Å². The molecule has 1 aliphatic rings. The first-order valence-corrected chi connectivity index (χ1v) is 3.41. The average Bonchev–Trinajstić information content (AvgIpc) is 1.88. The fourth-order valence-electron chi connectivity index (χ4n) is 0.651. The Labute approximate surface area is 59.0 Å². The SMILES string of the molecule is O=C1CCNC(CS)=N1. The molecule has 0 spiro atoms. The number of amidine groups is 1. The Kier molecular flexibility index (Phi) is 2.10. The number of thiol groups is 1. The zero-order chi connectivity index (χ0) is 6.69. The Morgan fingerprint density at radius 3 is 3.00 bits per heavy atom. The van der Waals surface area contributed by atoms with Crippen molar-refractivity contribution in [2.24, 2.45) is 4.99 Å². The van der Waals surface area contributed by atoms with E-state index in [1.54, 1.807) is 0 Å². The van der Waals surface area contributed by atoms with Gasteiger partial charge in [-0.1, -0.05) is 0 Å². The zero-order valence-corrected chi connectivity index (χ0v) is 5.82. The molecule has 1 N–H and O–H groups in total. The Balaban J connectivity index is 2.59. The van der Waals surface area contributed by atoms with Crippen LogP contribution in [0, 0.1) is 0 Å². The van der Waals surface area contributed by atoms with Crippen molar-refractivity contribution in [2.75, 3.05) is 12.3 Å². The van der Waals surface area contributed by atoms with Gasteiger partial charge in [-0.3, -0.25) is 4.79 Å². The summed E-state index contributed by atoms with van der Waals surface area (Å²) in [5.74, 6) is 1.17. The molecule has 4 heteroatoms. The smallest absolute Gasteiger partial charge is 0.249 e. The van der Waals surface area contributed by atoms with Gasteiger partial charge in [-0.05, 0) is 0 Å². The van der Waals surface area contributed by atoms with Crippen LogP contribution in [0.2, 0.25) is 0 Å². The molecule has 3 nitrogen and oxygen atoms in total. The molecular weight excluding hydrogens is 136 g/mol. The third-order valence-electron chi connectivity index (χ3n) is 1.08. The normalized spacial score (nSPS) is 18.8. The molecule has 0 radical (unpaired) electrons. The van der Waals surface area contributed by atoms with Crippen LogP contribution in [0.1, 0.15) is 6.42 Å². The quantitative estimate of drug-likeness (QED) is 0.502. The highest BCUT2D eigenvalue weighted by Crippen LogP contribution is 1.92. The number of nitrogens with one attached hydrogen (secondary N) is 1. The molecule has 1 rings (SSSR count). The first kappa shape index (κ1) is 6.61. The molecule has 0 aliphatic carbocycles. The summed E-state index contributed by atoms with van der Waals surface area (Å²) in [6.45, 7) is 0.707. The van der Waals surface area contributed by atoms with Gasteiger partial charge in [-0.15, -0.1) is 0 Å². The molecule has 50 valence electrons.